The average molecular weight is 757 g/mol. The van der Waals surface area contributed by atoms with Crippen molar-refractivity contribution in [2.75, 3.05) is 16.0 Å². The van der Waals surface area contributed by atoms with Gasteiger partial charge in [0, 0.05) is 17.8 Å². The number of nitrogens with zero attached hydrogens (tertiary/aromatic N) is 10. The molecule has 4 aromatic rings. The number of rotatable bonds is 15. The van der Waals surface area contributed by atoms with Crippen molar-refractivity contribution >= 4 is 85.6 Å². The number of hydrogen-bond donors (Lipinski definition) is 3. The van der Waals surface area contributed by atoms with E-state index in [1.165, 1.54) is 0 Å². The predicted molar refractivity (Wildman–Crippen MR) is 173 cm³/mol. The Morgan fingerprint density at radius 1 is 0.333 bits per heavy atom. The van der Waals surface area contributed by atoms with Gasteiger partial charge >= 0.3 is 34.1 Å². The fraction of sp³-hybridized carbons (Fsp3) is 0. The third-order valence-corrected chi connectivity index (χ3v) is 6.66. The lowest BCUT2D eigenvalue weighted by Gasteiger charge is -2.14. The molecule has 0 atom stereocenters. The molecular weight excluding hydrogens is 746 g/mol. The first kappa shape index (κ1) is 37.6. The zero-order valence-corrected chi connectivity index (χ0v) is 25.4. The number of hydrogen-bond acceptors (Lipinski definition) is 22. The third-order valence-electron chi connectivity index (χ3n) is 6.66. The molecule has 31 heteroatoms. The van der Waals surface area contributed by atoms with E-state index in [0.717, 1.165) is 0 Å². The number of nitro groups is 9. The van der Waals surface area contributed by atoms with E-state index in [2.05, 4.69) is 20.9 Å². The molecule has 0 aliphatic carbocycles. The molecule has 0 aliphatic rings. The van der Waals surface area contributed by atoms with E-state index in [1.54, 1.807) is 0 Å². The van der Waals surface area contributed by atoms with E-state index >= 15 is 0 Å². The van der Waals surface area contributed by atoms with E-state index in [1.807, 2.05) is 0 Å². The van der Waals surface area contributed by atoms with Gasteiger partial charge in [-0.2, -0.15) is 0 Å². The molecule has 0 bridgehead atoms. The van der Waals surface area contributed by atoms with E-state index in [0.29, 0.717) is 48.5 Å². The van der Waals surface area contributed by atoms with Crippen molar-refractivity contribution < 1.29 is 44.3 Å². The van der Waals surface area contributed by atoms with Gasteiger partial charge < -0.3 is 16.0 Å². The van der Waals surface area contributed by atoms with Crippen LogP contribution in [0, 0.1) is 91.0 Å². The zero-order chi connectivity index (χ0) is 40.3. The molecule has 0 amide bonds. The second-order valence-corrected chi connectivity index (χ2v) is 9.89. The van der Waals surface area contributed by atoms with Gasteiger partial charge in [0.25, 0.3) is 17.1 Å². The summed E-state index contributed by atoms with van der Waals surface area (Å²) < 4.78 is 0. The number of non-ortho nitro benzene ring substituents is 3. The molecule has 4 rings (SSSR count). The van der Waals surface area contributed by atoms with Crippen LogP contribution in [0.1, 0.15) is 0 Å². The largest absolute Gasteiger partial charge is 0.344 e. The lowest BCUT2D eigenvalue weighted by molar-refractivity contribution is -0.402. The van der Waals surface area contributed by atoms with Crippen LogP contribution in [-0.4, -0.2) is 49.3 Å². The second-order valence-electron chi connectivity index (χ2n) is 9.89. The van der Waals surface area contributed by atoms with Crippen molar-refractivity contribution in [2.45, 2.75) is 0 Å². The van der Waals surface area contributed by atoms with Crippen LogP contribution in [0.2, 0.25) is 0 Å². The molecule has 276 valence electrons. The Kier molecular flexibility index (Phi) is 10.00. The molecule has 1 aromatic heterocycles. The number of aromatic nitrogens is 1. The summed E-state index contributed by atoms with van der Waals surface area (Å²) in [5.74, 6) is -1.69. The highest BCUT2D eigenvalue weighted by Gasteiger charge is 2.35. The summed E-state index contributed by atoms with van der Waals surface area (Å²) >= 11 is 0. The van der Waals surface area contributed by atoms with Crippen molar-refractivity contribution in [3.05, 3.63) is 140 Å². The highest BCUT2D eigenvalue weighted by Crippen LogP contribution is 2.44. The highest BCUT2D eigenvalue weighted by molar-refractivity contribution is 5.86. The fourth-order valence-electron chi connectivity index (χ4n) is 4.49. The van der Waals surface area contributed by atoms with E-state index in [9.17, 15) is 91.0 Å². The van der Waals surface area contributed by atoms with Gasteiger partial charge in [0.2, 0.25) is 0 Å². The number of benzene rings is 3. The van der Waals surface area contributed by atoms with E-state index in [4.69, 9.17) is 0 Å². The Morgan fingerprint density at radius 3 is 0.759 bits per heavy atom. The Hall–Kier alpha value is -9.19. The van der Waals surface area contributed by atoms with Gasteiger partial charge in [0.15, 0.2) is 17.1 Å². The monoisotopic (exact) mass is 757 g/mol. The lowest BCUT2D eigenvalue weighted by atomic mass is 10.1. The lowest BCUT2D eigenvalue weighted by Crippen LogP contribution is -2.08. The number of pyridine rings is 1. The van der Waals surface area contributed by atoms with E-state index < -0.39 is 130 Å². The normalized spacial score (nSPS) is 10.4. The molecule has 0 saturated heterocycles. The fourth-order valence-corrected chi connectivity index (χ4v) is 4.49. The Balaban J connectivity index is 2.06. The first-order chi connectivity index (χ1) is 25.2. The van der Waals surface area contributed by atoms with Crippen LogP contribution in [0.25, 0.3) is 0 Å². The van der Waals surface area contributed by atoms with Gasteiger partial charge in [-0.1, -0.05) is 0 Å². The molecule has 0 radical (unpaired) electrons. The molecule has 3 N–H and O–H groups in total. The number of anilines is 6. The minimum atomic E-state index is -1.31. The first-order valence-corrected chi connectivity index (χ1v) is 13.4. The molecule has 54 heavy (non-hydrogen) atoms. The molecule has 0 aliphatic heterocycles. The molecule has 31 nitrogen and oxygen atoms in total. The third kappa shape index (κ3) is 7.66. The smallest absolute Gasteiger partial charge is 0.306 e. The Labute approximate surface area is 290 Å². The van der Waals surface area contributed by atoms with E-state index in [-0.39, 0.29) is 0 Å². The van der Waals surface area contributed by atoms with Crippen molar-refractivity contribution in [3.8, 4) is 0 Å². The van der Waals surface area contributed by atoms with Gasteiger partial charge in [-0.3, -0.25) is 91.0 Å². The van der Waals surface area contributed by atoms with Gasteiger partial charge in [-0.15, -0.1) is 0 Å². The summed E-state index contributed by atoms with van der Waals surface area (Å²) in [7, 11) is 0. The van der Waals surface area contributed by atoms with Gasteiger partial charge in [0.1, 0.15) is 11.6 Å². The molecular formula is C23H11N13O18. The molecule has 0 unspecified atom stereocenters. The predicted octanol–water partition coefficient (Wildman–Crippen LogP) is 5.49. The SMILES string of the molecule is O=[N+]([O-])c1cc([N+](=O)[O-])c(Nc2cc(Nc3c([N+](=O)[O-])cc([N+](=O)[O-])cc3[N+](=O)[O-])nc(Nc3c([N+](=O)[O-])cc([N+](=O)[O-])cc3[N+](=O)[O-])c2)c([N+](=O)[O-])c1. The van der Waals surface area contributed by atoms with Crippen LogP contribution in [0.4, 0.5) is 85.6 Å². The summed E-state index contributed by atoms with van der Waals surface area (Å²) in [6.07, 6.45) is 0. The second kappa shape index (κ2) is 14.3. The maximum atomic E-state index is 11.9. The summed E-state index contributed by atoms with van der Waals surface area (Å²) in [4.78, 5) is 97.6. The Morgan fingerprint density at radius 2 is 0.556 bits per heavy atom. The van der Waals surface area contributed by atoms with Crippen molar-refractivity contribution in [1.29, 1.82) is 0 Å². The number of nitrogens with one attached hydrogen (secondary N) is 3. The van der Waals surface area contributed by atoms with Crippen LogP contribution >= 0.6 is 0 Å². The molecule has 0 fully saturated rings. The highest BCUT2D eigenvalue weighted by atomic mass is 16.7. The molecule has 0 saturated carbocycles. The maximum absolute atomic E-state index is 11.9. The summed E-state index contributed by atoms with van der Waals surface area (Å²) in [6, 6.07) is 3.17. The Bertz CT molecular complexity index is 2020. The minimum absolute atomic E-state index is 0.295. The van der Waals surface area contributed by atoms with Crippen LogP contribution < -0.4 is 16.0 Å². The van der Waals surface area contributed by atoms with Gasteiger partial charge in [-0.25, -0.2) is 4.98 Å². The summed E-state index contributed by atoms with van der Waals surface area (Å²) in [5, 5.41) is 112. The van der Waals surface area contributed by atoms with Crippen LogP contribution in [0.5, 0.6) is 0 Å². The molecule has 0 spiro atoms. The zero-order valence-electron chi connectivity index (χ0n) is 25.4. The average Bonchev–Trinajstić information content (AvgIpc) is 3.07. The molecule has 3 aromatic carbocycles. The maximum Gasteiger partial charge on any atom is 0.306 e. The first-order valence-electron chi connectivity index (χ1n) is 13.4. The van der Waals surface area contributed by atoms with Gasteiger partial charge in [0.05, 0.1) is 80.7 Å². The van der Waals surface area contributed by atoms with Gasteiger partial charge in [-0.05, 0) is 0 Å². The topological polar surface area (TPSA) is 437 Å². The van der Waals surface area contributed by atoms with Crippen molar-refractivity contribution in [1.82, 2.24) is 4.98 Å². The van der Waals surface area contributed by atoms with Crippen molar-refractivity contribution in [3.63, 3.8) is 0 Å². The van der Waals surface area contributed by atoms with Crippen LogP contribution in [0.3, 0.4) is 0 Å². The standard InChI is InChI=1S/C23H11N13O18/c37-28(38)10-3-13(31(43)44)21(14(4-10)32(45)46)24-9-1-19(26-22-15(33(47)48)5-11(29(39)40)6-16(22)34(49)50)25-20(2-9)27-23-17(35(51)52)7-12(30(41)42)8-18(23)36(53)54/h1-8H,(H3,24,25,26,27). The minimum Gasteiger partial charge on any atom is -0.344 e. The van der Waals surface area contributed by atoms with Crippen molar-refractivity contribution in [2.24, 2.45) is 0 Å². The summed E-state index contributed by atoms with van der Waals surface area (Å²) in [5.41, 5.74) is -15.1. The van der Waals surface area contributed by atoms with Crippen LogP contribution in [0.15, 0.2) is 48.5 Å². The summed E-state index contributed by atoms with van der Waals surface area (Å²) in [6.45, 7) is 0. The van der Waals surface area contributed by atoms with Crippen LogP contribution in [-0.2, 0) is 0 Å². The number of nitro benzene ring substituents is 9. The molecule has 1 heterocycles. The quantitative estimate of drug-likeness (QED) is 0.0996.